The van der Waals surface area contributed by atoms with Crippen molar-refractivity contribution >= 4 is 28.1 Å². The van der Waals surface area contributed by atoms with E-state index in [1.54, 1.807) is 9.36 Å². The molecule has 6 heteroatoms. The molecule has 0 aliphatic carbocycles. The van der Waals surface area contributed by atoms with E-state index in [1.807, 2.05) is 0 Å². The molecule has 0 saturated carbocycles. The van der Waals surface area contributed by atoms with Crippen LogP contribution in [0.3, 0.4) is 0 Å². The summed E-state index contributed by atoms with van der Waals surface area (Å²) in [5.41, 5.74) is 0. The molecule has 0 aliphatic rings. The van der Waals surface area contributed by atoms with Crippen molar-refractivity contribution < 1.29 is 16.0 Å². The van der Waals surface area contributed by atoms with Crippen molar-refractivity contribution in [3.05, 3.63) is 0 Å². The van der Waals surface area contributed by atoms with Crippen LogP contribution >= 0.6 is 0 Å². The molecule has 0 fully saturated rings. The Kier molecular flexibility index (Phi) is 5.24. The van der Waals surface area contributed by atoms with E-state index in [0.717, 1.165) is 6.21 Å². The molecule has 0 aromatic heterocycles. The molecule has 1 unspecified atom stereocenters. The first-order valence-electron chi connectivity index (χ1n) is 3.52. The van der Waals surface area contributed by atoms with E-state index in [1.165, 1.54) is 7.05 Å². The van der Waals surface area contributed by atoms with Gasteiger partial charge < -0.3 is 0 Å². The fourth-order valence-electron chi connectivity index (χ4n) is 0.625. The summed E-state index contributed by atoms with van der Waals surface area (Å²) >= 11 is -2.29. The van der Waals surface area contributed by atoms with Crippen LogP contribution < -0.4 is 0 Å². The molecule has 1 atom stereocenters. The van der Waals surface area contributed by atoms with Gasteiger partial charge in [-0.1, -0.05) is 0 Å². The first-order valence-corrected chi connectivity index (χ1v) is 11.5. The van der Waals surface area contributed by atoms with E-state index in [9.17, 15) is 13.2 Å². The molecule has 0 aliphatic heterocycles. The molecule has 0 amide bonds. The van der Waals surface area contributed by atoms with Gasteiger partial charge in [0.05, 0.1) is 0 Å². The second-order valence-electron chi connectivity index (χ2n) is 2.55. The van der Waals surface area contributed by atoms with Crippen molar-refractivity contribution in [2.24, 2.45) is 4.99 Å². The molecule has 12 heavy (non-hydrogen) atoms. The van der Waals surface area contributed by atoms with Crippen molar-refractivity contribution in [3.63, 3.8) is 0 Å². The zero-order valence-corrected chi connectivity index (χ0v) is 10.5. The minimum atomic E-state index is -4.32. The molecule has 0 radical (unpaired) electrons. The number of nitrogens with zero attached hydrogens (tertiary/aromatic N) is 1. The summed E-state index contributed by atoms with van der Waals surface area (Å²) in [6.45, 7) is 0. The second-order valence-corrected chi connectivity index (χ2v) is 9.32. The van der Waals surface area contributed by atoms with Gasteiger partial charge in [0, 0.05) is 0 Å². The minimum absolute atomic E-state index is 0.802. The third-order valence-electron chi connectivity index (χ3n) is 1.03. The standard InChI is InChI=1S/C4H5F3NO.2CH3.In/c1-8-2-3(9)4(5,6)7;;;/h2-3H,1H3;2*1H3;/q-1;;;+1. The number of rotatable bonds is 3. The van der Waals surface area contributed by atoms with Crippen LogP contribution in [0, 0.1) is 0 Å². The molecular formula is C6H11F3InNO. The molecular weight excluding hydrogens is 274 g/mol. The zero-order chi connectivity index (χ0) is 9.78. The number of halogens is 3. The van der Waals surface area contributed by atoms with E-state index < -0.39 is 34.2 Å². The maximum absolute atomic E-state index is 12.1. The van der Waals surface area contributed by atoms with Gasteiger partial charge in [0.25, 0.3) is 0 Å². The quantitative estimate of drug-likeness (QED) is 0.726. The van der Waals surface area contributed by atoms with E-state index in [2.05, 4.69) is 4.99 Å². The van der Waals surface area contributed by atoms with Crippen LogP contribution in [0.2, 0.25) is 9.36 Å². The Balaban J connectivity index is 4.24. The van der Waals surface area contributed by atoms with Gasteiger partial charge >= 0.3 is 77.8 Å². The summed E-state index contributed by atoms with van der Waals surface area (Å²) in [5.74, 6) is 0. The van der Waals surface area contributed by atoms with E-state index >= 15 is 0 Å². The van der Waals surface area contributed by atoms with Crippen molar-refractivity contribution in [2.75, 3.05) is 7.05 Å². The Morgan fingerprint density at radius 3 is 2.17 bits per heavy atom. The molecule has 0 aromatic carbocycles. The van der Waals surface area contributed by atoms with Gasteiger partial charge in [-0.15, -0.1) is 0 Å². The van der Waals surface area contributed by atoms with E-state index in [0.29, 0.717) is 0 Å². The topological polar surface area (TPSA) is 21.6 Å². The van der Waals surface area contributed by atoms with Crippen molar-refractivity contribution in [1.82, 2.24) is 0 Å². The summed E-state index contributed by atoms with van der Waals surface area (Å²) in [5, 5.41) is 0. The first kappa shape index (κ1) is 12.3. The first-order chi connectivity index (χ1) is 5.38. The maximum atomic E-state index is 12.1. The number of alkyl halides is 3. The number of aliphatic imine (C=N–C) groups is 1. The van der Waals surface area contributed by atoms with Gasteiger partial charge in [-0.05, 0) is 0 Å². The average molecular weight is 285 g/mol. The molecule has 0 bridgehead atoms. The van der Waals surface area contributed by atoms with E-state index in [-0.39, 0.29) is 0 Å². The Labute approximate surface area is 78.0 Å². The SMILES string of the molecule is CN=CC([O][In]([CH3])[CH3])C(F)(F)F. The Bertz CT molecular complexity index is 157. The van der Waals surface area contributed by atoms with Crippen molar-refractivity contribution in [3.8, 4) is 0 Å². The summed E-state index contributed by atoms with van der Waals surface area (Å²) < 4.78 is 44.6. The monoisotopic (exact) mass is 285 g/mol. The van der Waals surface area contributed by atoms with Gasteiger partial charge in [-0.25, -0.2) is 0 Å². The van der Waals surface area contributed by atoms with Crippen LogP contribution in [-0.2, 0) is 2.85 Å². The van der Waals surface area contributed by atoms with Crippen LogP contribution in [0.5, 0.6) is 0 Å². The Hall–Kier alpha value is 0.290. The molecule has 70 valence electrons. The van der Waals surface area contributed by atoms with Crippen LogP contribution in [-0.4, -0.2) is 47.4 Å². The molecule has 2 nitrogen and oxygen atoms in total. The fourth-order valence-corrected chi connectivity index (χ4v) is 2.94. The van der Waals surface area contributed by atoms with Gasteiger partial charge in [0.15, 0.2) is 0 Å². The van der Waals surface area contributed by atoms with Crippen molar-refractivity contribution in [2.45, 2.75) is 21.6 Å². The van der Waals surface area contributed by atoms with E-state index in [4.69, 9.17) is 2.85 Å². The summed E-state index contributed by atoms with van der Waals surface area (Å²) in [7, 11) is 1.30. The normalized spacial score (nSPS) is 15.2. The Morgan fingerprint density at radius 2 is 1.92 bits per heavy atom. The third-order valence-corrected chi connectivity index (χ3v) is 3.42. The third kappa shape index (κ3) is 5.03. The van der Waals surface area contributed by atoms with Crippen LogP contribution in [0.15, 0.2) is 4.99 Å². The molecule has 0 saturated heterocycles. The molecule has 0 aromatic rings. The number of hydrogen-bond acceptors (Lipinski definition) is 2. The van der Waals surface area contributed by atoms with Gasteiger partial charge in [0.1, 0.15) is 0 Å². The van der Waals surface area contributed by atoms with Crippen LogP contribution in [0.25, 0.3) is 0 Å². The molecule has 0 heterocycles. The average Bonchev–Trinajstić information content (AvgIpc) is 1.83. The number of hydrogen-bond donors (Lipinski definition) is 0. The summed E-state index contributed by atoms with van der Waals surface area (Å²) in [6, 6.07) is 0. The van der Waals surface area contributed by atoms with Crippen molar-refractivity contribution in [1.29, 1.82) is 0 Å². The van der Waals surface area contributed by atoms with Gasteiger partial charge in [-0.2, -0.15) is 0 Å². The molecule has 0 rings (SSSR count). The predicted molar refractivity (Wildman–Crippen MR) is 42.8 cm³/mol. The van der Waals surface area contributed by atoms with Crippen LogP contribution in [0.1, 0.15) is 0 Å². The molecule has 0 N–H and O–H groups in total. The fraction of sp³-hybridized carbons (Fsp3) is 0.833. The van der Waals surface area contributed by atoms with Crippen LogP contribution in [0.4, 0.5) is 13.2 Å². The molecule has 0 spiro atoms. The van der Waals surface area contributed by atoms with Gasteiger partial charge in [-0.3, -0.25) is 0 Å². The van der Waals surface area contributed by atoms with Gasteiger partial charge in [0.2, 0.25) is 0 Å². The summed E-state index contributed by atoms with van der Waals surface area (Å²) in [4.78, 5) is 3.32. The summed E-state index contributed by atoms with van der Waals surface area (Å²) in [6.07, 6.45) is -5.31. The Morgan fingerprint density at radius 1 is 1.42 bits per heavy atom. The second kappa shape index (κ2) is 5.11. The zero-order valence-electron chi connectivity index (χ0n) is 7.22. The predicted octanol–water partition coefficient (Wildman–Crippen LogP) is 1.89.